The number of hydrogen-bond donors (Lipinski definition) is 0. The zero-order valence-electron chi connectivity index (χ0n) is 15.7. The summed E-state index contributed by atoms with van der Waals surface area (Å²) < 4.78 is 10.5. The number of amides is 5. The molecule has 3 saturated heterocycles. The fourth-order valence-corrected chi connectivity index (χ4v) is 3.03. The quantitative estimate of drug-likeness (QED) is 0.596. The van der Waals surface area contributed by atoms with Crippen LogP contribution in [0.5, 0.6) is 0 Å². The first-order chi connectivity index (χ1) is 12.7. The Hall–Kier alpha value is -2.56. The Bertz CT molecular complexity index is 641. The van der Waals surface area contributed by atoms with Crippen LogP contribution in [0.3, 0.4) is 0 Å². The first kappa shape index (κ1) is 19.2. The molecule has 5 amide bonds. The molecule has 3 heterocycles. The Morgan fingerprint density at radius 3 is 2.30 bits per heavy atom. The standard InChI is InChI=1S/C16H24N4O7/c1-16(2,3)26-14(23)18-4-5-19-11(10-18)12(21)20(13(19)22)27-15(24)17-6-8-25-9-7-17/h11H,4-10H2,1-3H3. The Labute approximate surface area is 156 Å². The number of fused-ring (bicyclic) bond motifs is 1. The number of piperazine rings is 1. The van der Waals surface area contributed by atoms with Gasteiger partial charge in [-0.3, -0.25) is 4.79 Å². The maximum atomic E-state index is 12.6. The summed E-state index contributed by atoms with van der Waals surface area (Å²) in [6.07, 6.45) is -1.32. The summed E-state index contributed by atoms with van der Waals surface area (Å²) >= 11 is 0. The third kappa shape index (κ3) is 4.07. The van der Waals surface area contributed by atoms with Crippen molar-refractivity contribution < 1.29 is 33.5 Å². The molecule has 27 heavy (non-hydrogen) atoms. The van der Waals surface area contributed by atoms with Crippen molar-refractivity contribution >= 4 is 24.1 Å². The van der Waals surface area contributed by atoms with E-state index in [1.54, 1.807) is 20.8 Å². The SMILES string of the molecule is CC(C)(C)OC(=O)N1CCN2C(=O)N(OC(=O)N3CCOCC3)C(=O)C2C1. The first-order valence-electron chi connectivity index (χ1n) is 8.84. The first-order valence-corrected chi connectivity index (χ1v) is 8.84. The number of urea groups is 1. The summed E-state index contributed by atoms with van der Waals surface area (Å²) in [5.74, 6) is -0.671. The zero-order chi connectivity index (χ0) is 19.8. The Morgan fingerprint density at radius 1 is 1.00 bits per heavy atom. The van der Waals surface area contributed by atoms with Crippen molar-refractivity contribution in [3.05, 3.63) is 0 Å². The fourth-order valence-electron chi connectivity index (χ4n) is 3.03. The van der Waals surface area contributed by atoms with Crippen LogP contribution in [0.15, 0.2) is 0 Å². The molecule has 0 aliphatic carbocycles. The second-order valence-electron chi connectivity index (χ2n) is 7.51. The highest BCUT2D eigenvalue weighted by Crippen LogP contribution is 2.24. The number of hydrogen-bond acceptors (Lipinski definition) is 7. The lowest BCUT2D eigenvalue weighted by atomic mass is 10.2. The van der Waals surface area contributed by atoms with E-state index in [9.17, 15) is 19.2 Å². The van der Waals surface area contributed by atoms with Gasteiger partial charge in [-0.25, -0.2) is 14.4 Å². The van der Waals surface area contributed by atoms with Gasteiger partial charge < -0.3 is 29.0 Å². The van der Waals surface area contributed by atoms with Gasteiger partial charge >= 0.3 is 18.2 Å². The van der Waals surface area contributed by atoms with E-state index in [-0.39, 0.29) is 19.6 Å². The minimum atomic E-state index is -0.892. The van der Waals surface area contributed by atoms with Gasteiger partial charge in [0.05, 0.1) is 19.8 Å². The molecule has 11 nitrogen and oxygen atoms in total. The summed E-state index contributed by atoms with van der Waals surface area (Å²) in [6, 6.07) is -1.59. The van der Waals surface area contributed by atoms with E-state index in [0.717, 1.165) is 0 Å². The van der Waals surface area contributed by atoms with Crippen LogP contribution >= 0.6 is 0 Å². The summed E-state index contributed by atoms with van der Waals surface area (Å²) in [4.78, 5) is 58.5. The van der Waals surface area contributed by atoms with Crippen LogP contribution < -0.4 is 0 Å². The van der Waals surface area contributed by atoms with Gasteiger partial charge in [-0.1, -0.05) is 5.06 Å². The predicted octanol–water partition coefficient (Wildman–Crippen LogP) is 0.254. The smallest absolute Gasteiger partial charge is 0.435 e. The van der Waals surface area contributed by atoms with E-state index in [0.29, 0.717) is 31.4 Å². The van der Waals surface area contributed by atoms with E-state index in [1.165, 1.54) is 14.7 Å². The minimum Gasteiger partial charge on any atom is -0.444 e. The summed E-state index contributed by atoms with van der Waals surface area (Å²) in [6.45, 7) is 7.02. The van der Waals surface area contributed by atoms with Crippen molar-refractivity contribution in [2.45, 2.75) is 32.4 Å². The van der Waals surface area contributed by atoms with Crippen molar-refractivity contribution in [1.29, 1.82) is 0 Å². The Kier molecular flexibility index (Phi) is 5.13. The largest absolute Gasteiger partial charge is 0.444 e. The van der Waals surface area contributed by atoms with Crippen LogP contribution in [0.2, 0.25) is 0 Å². The van der Waals surface area contributed by atoms with Crippen molar-refractivity contribution in [3.8, 4) is 0 Å². The average molecular weight is 384 g/mol. The van der Waals surface area contributed by atoms with Gasteiger partial charge in [0, 0.05) is 26.2 Å². The number of rotatable bonds is 1. The van der Waals surface area contributed by atoms with Gasteiger partial charge in [0.25, 0.3) is 5.91 Å². The van der Waals surface area contributed by atoms with Gasteiger partial charge in [0.2, 0.25) is 0 Å². The lowest BCUT2D eigenvalue weighted by Gasteiger charge is -2.35. The summed E-state index contributed by atoms with van der Waals surface area (Å²) in [5, 5.41) is 0.487. The van der Waals surface area contributed by atoms with Crippen LogP contribution in [-0.2, 0) is 19.1 Å². The molecule has 0 aromatic carbocycles. The van der Waals surface area contributed by atoms with Gasteiger partial charge in [0.1, 0.15) is 11.6 Å². The molecular formula is C16H24N4O7. The fraction of sp³-hybridized carbons (Fsp3) is 0.750. The monoisotopic (exact) mass is 384 g/mol. The molecule has 3 aliphatic heterocycles. The highest BCUT2D eigenvalue weighted by atomic mass is 16.7. The van der Waals surface area contributed by atoms with Crippen LogP contribution in [0.1, 0.15) is 20.8 Å². The number of ether oxygens (including phenoxy) is 2. The van der Waals surface area contributed by atoms with Gasteiger partial charge in [-0.2, -0.15) is 0 Å². The van der Waals surface area contributed by atoms with Gasteiger partial charge in [-0.15, -0.1) is 0 Å². The van der Waals surface area contributed by atoms with Gasteiger partial charge in [0.15, 0.2) is 0 Å². The molecule has 1 unspecified atom stereocenters. The minimum absolute atomic E-state index is 0.00884. The van der Waals surface area contributed by atoms with Crippen molar-refractivity contribution in [3.63, 3.8) is 0 Å². The zero-order valence-corrected chi connectivity index (χ0v) is 15.7. The molecule has 0 radical (unpaired) electrons. The van der Waals surface area contributed by atoms with Crippen LogP contribution in [0.25, 0.3) is 0 Å². The molecule has 150 valence electrons. The molecule has 3 aliphatic rings. The normalized spacial score (nSPS) is 23.4. The Morgan fingerprint density at radius 2 is 1.67 bits per heavy atom. The molecule has 0 N–H and O–H groups in total. The van der Waals surface area contributed by atoms with Crippen molar-refractivity contribution in [2.24, 2.45) is 0 Å². The van der Waals surface area contributed by atoms with Crippen LogP contribution in [-0.4, -0.2) is 101 Å². The lowest BCUT2D eigenvalue weighted by molar-refractivity contribution is -0.152. The van der Waals surface area contributed by atoms with E-state index in [2.05, 4.69) is 0 Å². The average Bonchev–Trinajstić information content (AvgIpc) is 2.85. The highest BCUT2D eigenvalue weighted by molar-refractivity contribution is 6.04. The number of carbonyl (C=O) groups is 4. The third-order valence-electron chi connectivity index (χ3n) is 4.38. The molecular weight excluding hydrogens is 360 g/mol. The van der Waals surface area contributed by atoms with Crippen LogP contribution in [0.4, 0.5) is 14.4 Å². The number of morpholine rings is 1. The number of hydroxylamine groups is 2. The van der Waals surface area contributed by atoms with E-state index in [1.807, 2.05) is 0 Å². The second kappa shape index (κ2) is 7.22. The van der Waals surface area contributed by atoms with E-state index < -0.39 is 35.8 Å². The molecule has 0 aromatic rings. The highest BCUT2D eigenvalue weighted by Gasteiger charge is 2.51. The molecule has 3 fully saturated rings. The molecule has 0 saturated carbocycles. The predicted molar refractivity (Wildman–Crippen MR) is 89.4 cm³/mol. The molecule has 11 heteroatoms. The van der Waals surface area contributed by atoms with Gasteiger partial charge in [-0.05, 0) is 20.8 Å². The van der Waals surface area contributed by atoms with E-state index in [4.69, 9.17) is 14.3 Å². The Balaban J connectivity index is 1.63. The maximum absolute atomic E-state index is 12.6. The summed E-state index contributed by atoms with van der Waals surface area (Å²) in [5.41, 5.74) is -0.663. The lowest BCUT2D eigenvalue weighted by Crippen LogP contribution is -2.55. The molecule has 3 rings (SSSR count). The van der Waals surface area contributed by atoms with E-state index >= 15 is 0 Å². The third-order valence-corrected chi connectivity index (χ3v) is 4.38. The molecule has 0 bridgehead atoms. The van der Waals surface area contributed by atoms with Crippen LogP contribution in [0, 0.1) is 0 Å². The topological polar surface area (TPSA) is 109 Å². The van der Waals surface area contributed by atoms with Crippen molar-refractivity contribution in [1.82, 2.24) is 19.8 Å². The number of imide groups is 1. The molecule has 0 aromatic heterocycles. The summed E-state index contributed by atoms with van der Waals surface area (Å²) in [7, 11) is 0. The number of nitrogens with zero attached hydrogens (tertiary/aromatic N) is 4. The molecule has 0 spiro atoms. The van der Waals surface area contributed by atoms with Crippen molar-refractivity contribution in [2.75, 3.05) is 45.9 Å². The molecule has 1 atom stereocenters. The number of carbonyl (C=O) groups excluding carboxylic acids is 4. The maximum Gasteiger partial charge on any atom is 0.435 e. The second-order valence-corrected chi connectivity index (χ2v) is 7.51.